The number of esters is 3. The van der Waals surface area contributed by atoms with Crippen molar-refractivity contribution in [3.63, 3.8) is 0 Å². The van der Waals surface area contributed by atoms with Gasteiger partial charge in [-0.25, -0.2) is 42.5 Å². The van der Waals surface area contributed by atoms with E-state index in [-0.39, 0.29) is 88.2 Å². The number of carbonyl (C=O) groups is 3. The van der Waals surface area contributed by atoms with Gasteiger partial charge in [-0.05, 0) is 194 Å². The Morgan fingerprint density at radius 1 is 0.365 bits per heavy atom. The van der Waals surface area contributed by atoms with Crippen LogP contribution in [0.1, 0.15) is 294 Å². The lowest BCUT2D eigenvalue weighted by molar-refractivity contribution is -0.166. The molecule has 0 aliphatic rings. The van der Waals surface area contributed by atoms with E-state index in [0.717, 1.165) is 0 Å². The van der Waals surface area contributed by atoms with Gasteiger partial charge >= 0.3 is 35.0 Å². The van der Waals surface area contributed by atoms with Gasteiger partial charge in [0, 0.05) is 20.8 Å². The van der Waals surface area contributed by atoms with E-state index in [1.54, 1.807) is 57.2 Å². The van der Waals surface area contributed by atoms with Gasteiger partial charge in [-0.1, -0.05) is 166 Å². The third kappa shape index (κ3) is 16.3. The summed E-state index contributed by atoms with van der Waals surface area (Å²) in [6, 6.07) is 9.63. The lowest BCUT2D eigenvalue weighted by Gasteiger charge is -2.44. The highest BCUT2D eigenvalue weighted by atomic mass is 32.1. The SMILES string of the molecule is CCCOC(=O)C(CC)(C(OC(C)=S)c1cc(C(C)(C)C)c(O)c(C(C)(C)C)c1)n1c(=O)n(C(CC)(C(=O)OCCC)C(OC(C)=S)c2cc(C(C)(C)C)c(O)c(C(C)(C)C)c2)c(=O)n(C(CC)(C(=O)OCCC)C(OC(C)=S)c2cc(C(C)(C)C)c(O)c(C(C)(C)C)c2)c1=O. The van der Waals surface area contributed by atoms with Crippen molar-refractivity contribution in [2.45, 2.75) is 293 Å². The van der Waals surface area contributed by atoms with Gasteiger partial charge in [0.15, 0.2) is 50.1 Å². The van der Waals surface area contributed by atoms with Gasteiger partial charge < -0.3 is 43.7 Å². The van der Waals surface area contributed by atoms with Crippen LogP contribution in [0.3, 0.4) is 0 Å². The number of ether oxygens (including phenoxy) is 6. The fraction of sp³-hybridized carbons (Fsp3) is 0.640. The molecule has 6 unspecified atom stereocenters. The number of carbonyl (C=O) groups excluding carboxylic acids is 3. The summed E-state index contributed by atoms with van der Waals surface area (Å²) in [6.45, 7) is 46.9. The van der Waals surface area contributed by atoms with Crippen LogP contribution in [0.25, 0.3) is 0 Å². The van der Waals surface area contributed by atoms with Crippen molar-refractivity contribution in [1.29, 1.82) is 0 Å². The summed E-state index contributed by atoms with van der Waals surface area (Å²) >= 11 is 17.6. The van der Waals surface area contributed by atoms with Crippen LogP contribution in [0.15, 0.2) is 50.8 Å². The normalized spacial score (nSPS) is 15.4. The molecule has 534 valence electrons. The van der Waals surface area contributed by atoms with E-state index >= 15 is 28.8 Å². The van der Waals surface area contributed by atoms with Crippen molar-refractivity contribution in [3.05, 3.63) is 118 Å². The fourth-order valence-electron chi connectivity index (χ4n) is 12.6. The number of aromatic hydroxyl groups is 3. The molecule has 0 saturated heterocycles. The first-order chi connectivity index (χ1) is 43.9. The van der Waals surface area contributed by atoms with Crippen LogP contribution in [-0.2, 0) is 91.9 Å². The van der Waals surface area contributed by atoms with Crippen LogP contribution in [0.2, 0.25) is 0 Å². The number of nitrogens with zero attached hydrogens (tertiary/aromatic N) is 3. The Kier molecular flexibility index (Phi) is 25.9. The predicted octanol–water partition coefficient (Wildman–Crippen LogP) is 15.6. The minimum atomic E-state index is -2.86. The molecule has 6 atom stereocenters. The van der Waals surface area contributed by atoms with Crippen molar-refractivity contribution in [3.8, 4) is 17.2 Å². The van der Waals surface area contributed by atoms with E-state index < -0.39 is 122 Å². The molecule has 1 aromatic heterocycles. The predicted molar refractivity (Wildman–Crippen MR) is 391 cm³/mol. The second-order valence-corrected chi connectivity index (χ2v) is 33.2. The lowest BCUT2D eigenvalue weighted by Crippen LogP contribution is -2.72. The molecule has 0 amide bonds. The molecule has 0 aliphatic carbocycles. The molecule has 0 saturated carbocycles. The third-order valence-electron chi connectivity index (χ3n) is 17.6. The number of aromatic nitrogens is 3. The average Bonchev–Trinajstić information content (AvgIpc) is 0.687. The molecule has 4 rings (SSSR count). The molecule has 0 spiro atoms. The first-order valence-corrected chi connectivity index (χ1v) is 34.8. The van der Waals surface area contributed by atoms with E-state index in [2.05, 4.69) is 0 Å². The van der Waals surface area contributed by atoms with Crippen LogP contribution < -0.4 is 17.1 Å². The summed E-state index contributed by atoms with van der Waals surface area (Å²) in [5.74, 6) is -3.95. The van der Waals surface area contributed by atoms with Crippen molar-refractivity contribution < 1.29 is 58.1 Å². The molecule has 4 aromatic rings. The lowest BCUT2D eigenvalue weighted by atomic mass is 9.75. The van der Waals surface area contributed by atoms with E-state index in [1.165, 1.54) is 41.5 Å². The molecule has 1 heterocycles. The largest absolute Gasteiger partial charge is 0.507 e. The maximum atomic E-state index is 17.8. The highest BCUT2D eigenvalue weighted by Crippen LogP contribution is 2.51. The standard InChI is InChI=1S/C75H111N3O15S3/c1-28-34-88-61(82)73(31-4,58(91-43(7)94)46-37-49(67(10,11)12)55(79)50(38-46)68(13,14)15)76-64(85)77(74(32-5,62(83)89-35-29-2)59(92-44(8)95)47-39-51(69(16,17)18)56(80)52(40-47)70(19,20)21)66(87)78(65(76)86)75(33-6,63(84)90-36-30-3)60(93-45(9)96)48-41-53(71(22,23)24)57(81)54(42-48)72(25,26)27/h37-42,58-60,79-81H,28-36H2,1-27H3. The summed E-state index contributed by atoms with van der Waals surface area (Å²) in [5.41, 5.74) is -15.9. The number of phenolic OH excluding ortho intramolecular Hbond substituents is 3. The van der Waals surface area contributed by atoms with E-state index in [0.29, 0.717) is 47.1 Å². The van der Waals surface area contributed by atoms with Crippen molar-refractivity contribution >= 4 is 69.7 Å². The summed E-state index contributed by atoms with van der Waals surface area (Å²) in [5, 5.41) is 36.4. The van der Waals surface area contributed by atoms with Gasteiger partial charge in [0.2, 0.25) is 0 Å². The maximum absolute atomic E-state index is 17.8. The molecule has 21 heteroatoms. The molecule has 0 bridgehead atoms. The highest BCUT2D eigenvalue weighted by Gasteiger charge is 2.61. The number of benzene rings is 3. The number of rotatable bonds is 24. The zero-order chi connectivity index (χ0) is 73.9. The molecule has 3 aromatic carbocycles. The molecule has 0 fully saturated rings. The number of hydrogen-bond donors (Lipinski definition) is 3. The second kappa shape index (κ2) is 30.3. The Labute approximate surface area is 586 Å². The van der Waals surface area contributed by atoms with Crippen LogP contribution in [0.4, 0.5) is 0 Å². The zero-order valence-electron chi connectivity index (χ0n) is 62.4. The van der Waals surface area contributed by atoms with E-state index in [9.17, 15) is 15.3 Å². The molecule has 0 radical (unpaired) electrons. The van der Waals surface area contributed by atoms with E-state index in [1.807, 2.05) is 125 Å². The molecular formula is C75H111N3O15S3. The third-order valence-corrected chi connectivity index (χ3v) is 17.9. The van der Waals surface area contributed by atoms with Crippen LogP contribution >= 0.6 is 36.7 Å². The monoisotopic (exact) mass is 1390 g/mol. The van der Waals surface area contributed by atoms with Crippen LogP contribution in [0, 0.1) is 0 Å². The van der Waals surface area contributed by atoms with Crippen molar-refractivity contribution in [2.75, 3.05) is 19.8 Å². The Morgan fingerprint density at radius 2 is 0.531 bits per heavy atom. The van der Waals surface area contributed by atoms with Gasteiger partial charge in [-0.3, -0.25) is 0 Å². The molecule has 3 N–H and O–H groups in total. The first-order valence-electron chi connectivity index (χ1n) is 33.6. The van der Waals surface area contributed by atoms with Gasteiger partial charge in [0.1, 0.15) is 17.2 Å². The number of phenols is 3. The Balaban J connectivity index is 2.92. The van der Waals surface area contributed by atoms with Gasteiger partial charge in [-0.2, -0.15) is 0 Å². The molecule has 0 aliphatic heterocycles. The minimum Gasteiger partial charge on any atom is -0.507 e. The van der Waals surface area contributed by atoms with Crippen molar-refractivity contribution in [1.82, 2.24) is 13.7 Å². The first kappa shape index (κ1) is 82.0. The summed E-state index contributed by atoms with van der Waals surface area (Å²) < 4.78 is 40.9. The van der Waals surface area contributed by atoms with Gasteiger partial charge in [0.25, 0.3) is 0 Å². The minimum absolute atomic E-state index is 0.0753. The zero-order valence-corrected chi connectivity index (χ0v) is 64.8. The van der Waals surface area contributed by atoms with Crippen LogP contribution in [-0.4, -0.2) is 81.9 Å². The summed E-state index contributed by atoms with van der Waals surface area (Å²) in [6.07, 6.45) is -6.83. The van der Waals surface area contributed by atoms with Crippen LogP contribution in [0.5, 0.6) is 17.2 Å². The maximum Gasteiger partial charge on any atom is 0.338 e. The smallest absolute Gasteiger partial charge is 0.338 e. The average molecular weight is 1390 g/mol. The Bertz CT molecular complexity index is 3240. The molecular weight excluding hydrogens is 1280 g/mol. The summed E-state index contributed by atoms with van der Waals surface area (Å²) in [4.78, 5) is 103. The van der Waals surface area contributed by atoms with E-state index in [4.69, 9.17) is 65.1 Å². The number of hydrogen-bond acceptors (Lipinski definition) is 18. The molecule has 18 nitrogen and oxygen atoms in total. The quantitative estimate of drug-likeness (QED) is 0.0336. The topological polar surface area (TPSA) is 233 Å². The second-order valence-electron chi connectivity index (χ2n) is 31.5. The molecule has 96 heavy (non-hydrogen) atoms. The number of thiocarbonyl (C=S) groups is 3. The van der Waals surface area contributed by atoms with Gasteiger partial charge in [0.05, 0.1) is 19.8 Å². The summed E-state index contributed by atoms with van der Waals surface area (Å²) in [7, 11) is 0. The highest BCUT2D eigenvalue weighted by molar-refractivity contribution is 7.80. The Morgan fingerprint density at radius 3 is 0.656 bits per heavy atom. The van der Waals surface area contributed by atoms with Crippen molar-refractivity contribution in [2.24, 2.45) is 0 Å². The fourth-order valence-corrected chi connectivity index (χ4v) is 12.9. The Hall–Kier alpha value is -6.45. The van der Waals surface area contributed by atoms with Gasteiger partial charge in [-0.15, -0.1) is 0 Å².